The van der Waals surface area contributed by atoms with E-state index in [2.05, 4.69) is 34.5 Å². The summed E-state index contributed by atoms with van der Waals surface area (Å²) < 4.78 is 5.41. The highest BCUT2D eigenvalue weighted by molar-refractivity contribution is 5.27. The van der Waals surface area contributed by atoms with Crippen molar-refractivity contribution in [1.82, 2.24) is 10.2 Å². The van der Waals surface area contributed by atoms with E-state index in [1.165, 1.54) is 17.5 Å². The molecule has 0 unspecified atom stereocenters. The molecule has 116 valence electrons. The first-order chi connectivity index (χ1) is 10.4. The molecule has 0 aromatic heterocycles. The van der Waals surface area contributed by atoms with Crippen LogP contribution >= 0.6 is 0 Å². The number of ether oxygens (including phenoxy) is 1. The monoisotopic (exact) mass is 290 g/mol. The lowest BCUT2D eigenvalue weighted by Crippen LogP contribution is -2.33. The van der Waals surface area contributed by atoms with Gasteiger partial charge in [0.05, 0.1) is 13.2 Å². The second kappa shape index (κ2) is 7.36. The lowest BCUT2D eigenvalue weighted by Gasteiger charge is -2.24. The Morgan fingerprint density at radius 1 is 1.24 bits per heavy atom. The summed E-state index contributed by atoms with van der Waals surface area (Å²) in [6.45, 7) is 4.95. The highest BCUT2D eigenvalue weighted by Crippen LogP contribution is 2.21. The molecule has 2 heterocycles. The molecular weight excluding hydrogens is 264 g/mol. The number of hydrogen-bond donors (Lipinski definition) is 2. The van der Waals surface area contributed by atoms with Crippen molar-refractivity contribution in [3.63, 3.8) is 0 Å². The van der Waals surface area contributed by atoms with E-state index in [0.29, 0.717) is 12.1 Å². The molecule has 2 saturated heterocycles. The second-order valence-electron chi connectivity index (χ2n) is 6.16. The molecule has 0 radical (unpaired) electrons. The molecular formula is C17H26N2O2. The minimum atomic E-state index is 0.278. The van der Waals surface area contributed by atoms with Crippen LogP contribution in [0.3, 0.4) is 0 Å². The molecule has 2 aliphatic rings. The maximum Gasteiger partial charge on any atom is 0.0620 e. The van der Waals surface area contributed by atoms with Crippen LogP contribution in [0.15, 0.2) is 24.3 Å². The van der Waals surface area contributed by atoms with Gasteiger partial charge in [-0.3, -0.25) is 4.90 Å². The van der Waals surface area contributed by atoms with Crippen LogP contribution in [0.5, 0.6) is 0 Å². The Kier molecular flexibility index (Phi) is 5.25. The zero-order valence-corrected chi connectivity index (χ0v) is 12.6. The molecule has 2 fully saturated rings. The third-order valence-corrected chi connectivity index (χ3v) is 4.71. The van der Waals surface area contributed by atoms with Crippen LogP contribution in [-0.2, 0) is 17.8 Å². The highest BCUT2D eigenvalue weighted by Gasteiger charge is 2.24. The summed E-state index contributed by atoms with van der Waals surface area (Å²) in [5.41, 5.74) is 2.75. The van der Waals surface area contributed by atoms with Crippen molar-refractivity contribution in [2.75, 3.05) is 26.4 Å². The van der Waals surface area contributed by atoms with Gasteiger partial charge < -0.3 is 15.2 Å². The third kappa shape index (κ3) is 3.83. The molecule has 2 aliphatic heterocycles. The van der Waals surface area contributed by atoms with E-state index in [-0.39, 0.29) is 6.61 Å². The van der Waals surface area contributed by atoms with Gasteiger partial charge >= 0.3 is 0 Å². The molecule has 0 aliphatic carbocycles. The van der Waals surface area contributed by atoms with Gasteiger partial charge in [-0.05, 0) is 36.9 Å². The van der Waals surface area contributed by atoms with Crippen molar-refractivity contribution in [3.8, 4) is 0 Å². The van der Waals surface area contributed by atoms with Crippen molar-refractivity contribution >= 4 is 0 Å². The van der Waals surface area contributed by atoms with E-state index in [4.69, 9.17) is 4.74 Å². The number of rotatable bonds is 6. The van der Waals surface area contributed by atoms with Gasteiger partial charge in [0, 0.05) is 31.8 Å². The van der Waals surface area contributed by atoms with E-state index in [1.807, 2.05) is 0 Å². The summed E-state index contributed by atoms with van der Waals surface area (Å²) in [4.78, 5) is 2.41. The van der Waals surface area contributed by atoms with Crippen molar-refractivity contribution in [1.29, 1.82) is 0 Å². The van der Waals surface area contributed by atoms with Crippen molar-refractivity contribution in [2.24, 2.45) is 0 Å². The van der Waals surface area contributed by atoms with Crippen LogP contribution in [0.25, 0.3) is 0 Å². The Morgan fingerprint density at radius 3 is 2.86 bits per heavy atom. The standard InChI is InChI=1S/C17H26N2O2/c20-12-17-6-3-8-19(17)11-15-5-2-1-4-14(15)10-18-16-7-9-21-13-16/h1-2,4-5,16-18,20H,3,6-13H2/t16-,17-/m1/s1. The first-order valence-electron chi connectivity index (χ1n) is 8.09. The quantitative estimate of drug-likeness (QED) is 0.834. The molecule has 0 spiro atoms. The van der Waals surface area contributed by atoms with Crippen molar-refractivity contribution < 1.29 is 9.84 Å². The van der Waals surface area contributed by atoms with Gasteiger partial charge in [0.15, 0.2) is 0 Å². The van der Waals surface area contributed by atoms with E-state index < -0.39 is 0 Å². The van der Waals surface area contributed by atoms with Crippen LogP contribution in [0.1, 0.15) is 30.4 Å². The minimum Gasteiger partial charge on any atom is -0.395 e. The number of nitrogens with one attached hydrogen (secondary N) is 1. The summed E-state index contributed by atoms with van der Waals surface area (Å²) in [7, 11) is 0. The fourth-order valence-corrected chi connectivity index (χ4v) is 3.36. The Hall–Kier alpha value is -0.940. The first kappa shape index (κ1) is 15.0. The Morgan fingerprint density at radius 2 is 2.10 bits per heavy atom. The van der Waals surface area contributed by atoms with E-state index in [9.17, 15) is 5.11 Å². The summed E-state index contributed by atoms with van der Waals surface area (Å²) in [6.07, 6.45) is 3.43. The van der Waals surface area contributed by atoms with Gasteiger partial charge in [0.2, 0.25) is 0 Å². The highest BCUT2D eigenvalue weighted by atomic mass is 16.5. The largest absolute Gasteiger partial charge is 0.395 e. The molecule has 2 atom stereocenters. The third-order valence-electron chi connectivity index (χ3n) is 4.71. The maximum absolute atomic E-state index is 9.46. The van der Waals surface area contributed by atoms with Gasteiger partial charge in [-0.25, -0.2) is 0 Å². The van der Waals surface area contributed by atoms with E-state index in [0.717, 1.165) is 45.7 Å². The van der Waals surface area contributed by atoms with Crippen LogP contribution < -0.4 is 5.32 Å². The van der Waals surface area contributed by atoms with Crippen LogP contribution in [0.4, 0.5) is 0 Å². The van der Waals surface area contributed by atoms with Gasteiger partial charge in [-0.15, -0.1) is 0 Å². The second-order valence-corrected chi connectivity index (χ2v) is 6.16. The lowest BCUT2D eigenvalue weighted by molar-refractivity contribution is 0.153. The first-order valence-corrected chi connectivity index (χ1v) is 8.09. The van der Waals surface area contributed by atoms with Crippen LogP contribution in [-0.4, -0.2) is 48.5 Å². The molecule has 1 aromatic rings. The predicted octanol–water partition coefficient (Wildman–Crippen LogP) is 1.52. The molecule has 0 saturated carbocycles. The fraction of sp³-hybridized carbons (Fsp3) is 0.647. The Balaban J connectivity index is 1.61. The average molecular weight is 290 g/mol. The molecule has 0 amide bonds. The number of aliphatic hydroxyl groups is 1. The van der Waals surface area contributed by atoms with Gasteiger partial charge in [0.25, 0.3) is 0 Å². The average Bonchev–Trinajstić information content (AvgIpc) is 3.17. The maximum atomic E-state index is 9.46. The van der Waals surface area contributed by atoms with E-state index in [1.54, 1.807) is 0 Å². The van der Waals surface area contributed by atoms with E-state index >= 15 is 0 Å². The van der Waals surface area contributed by atoms with Crippen molar-refractivity contribution in [2.45, 2.75) is 44.4 Å². The molecule has 0 bridgehead atoms. The number of hydrogen-bond acceptors (Lipinski definition) is 4. The predicted molar refractivity (Wildman–Crippen MR) is 83.0 cm³/mol. The zero-order valence-electron chi connectivity index (χ0n) is 12.6. The zero-order chi connectivity index (χ0) is 14.5. The molecule has 4 nitrogen and oxygen atoms in total. The topological polar surface area (TPSA) is 44.7 Å². The van der Waals surface area contributed by atoms with Gasteiger partial charge in [0.1, 0.15) is 0 Å². The Labute approximate surface area is 127 Å². The van der Waals surface area contributed by atoms with Crippen LogP contribution in [0.2, 0.25) is 0 Å². The van der Waals surface area contributed by atoms with Crippen molar-refractivity contribution in [3.05, 3.63) is 35.4 Å². The molecule has 1 aromatic carbocycles. The summed E-state index contributed by atoms with van der Waals surface area (Å²) >= 11 is 0. The number of nitrogens with zero attached hydrogens (tertiary/aromatic N) is 1. The summed E-state index contributed by atoms with van der Waals surface area (Å²) in [5.74, 6) is 0. The number of aliphatic hydroxyl groups excluding tert-OH is 1. The molecule has 21 heavy (non-hydrogen) atoms. The number of likely N-dealkylation sites (tertiary alicyclic amines) is 1. The molecule has 4 heteroatoms. The van der Waals surface area contributed by atoms with Gasteiger partial charge in [-0.2, -0.15) is 0 Å². The summed E-state index contributed by atoms with van der Waals surface area (Å²) in [5, 5.41) is 13.1. The minimum absolute atomic E-state index is 0.278. The normalized spacial score (nSPS) is 26.5. The lowest BCUT2D eigenvalue weighted by atomic mass is 10.1. The van der Waals surface area contributed by atoms with Crippen LogP contribution in [0, 0.1) is 0 Å². The Bertz CT molecular complexity index is 446. The van der Waals surface area contributed by atoms with Gasteiger partial charge in [-0.1, -0.05) is 24.3 Å². The molecule has 2 N–H and O–H groups in total. The SMILES string of the molecule is OC[C@H]1CCCN1Cc1ccccc1CN[C@@H]1CCOC1. The fourth-order valence-electron chi connectivity index (χ4n) is 3.36. The smallest absolute Gasteiger partial charge is 0.0620 e. The summed E-state index contributed by atoms with van der Waals surface area (Å²) in [6, 6.07) is 9.49. The molecule has 3 rings (SSSR count). The number of benzene rings is 1.